The summed E-state index contributed by atoms with van der Waals surface area (Å²) >= 11 is -2.76. The first-order chi connectivity index (χ1) is 7.54. The highest BCUT2D eigenvalue weighted by atomic mass is 32.2. The molecular weight excluding hydrogens is 232 g/mol. The number of terminal acetylenes is 1. The first-order valence-electron chi connectivity index (χ1n) is 4.56. The van der Waals surface area contributed by atoms with Crippen molar-refractivity contribution in [3.05, 3.63) is 11.6 Å². The van der Waals surface area contributed by atoms with Crippen molar-refractivity contribution < 1.29 is 17.8 Å². The Balaban J connectivity index is 2.30. The number of nitrogens with zero attached hydrogens (tertiary/aromatic N) is 2. The van der Waals surface area contributed by atoms with Crippen LogP contribution in [0, 0.1) is 12.3 Å². The molecule has 2 aliphatic heterocycles. The number of hydroxylamine groups is 2. The molecule has 1 saturated heterocycles. The third-order valence-electron chi connectivity index (χ3n) is 2.68. The van der Waals surface area contributed by atoms with Crippen LogP contribution in [0.2, 0.25) is 0 Å². The summed E-state index contributed by atoms with van der Waals surface area (Å²) in [5.74, 6) is 2.46. The number of rotatable bonds is 2. The van der Waals surface area contributed by atoms with Crippen LogP contribution < -0.4 is 0 Å². The zero-order valence-electron chi connectivity index (χ0n) is 8.45. The van der Waals surface area contributed by atoms with E-state index in [9.17, 15) is 13.6 Å². The molecular formula is C9H9N2O4S-. The molecule has 3 unspecified atom stereocenters. The van der Waals surface area contributed by atoms with Crippen LogP contribution in [-0.4, -0.2) is 43.4 Å². The molecule has 2 rings (SSSR count). The number of hydrogen-bond acceptors (Lipinski definition) is 4. The Hall–Kier alpha value is -1.36. The molecule has 2 aliphatic rings. The summed E-state index contributed by atoms with van der Waals surface area (Å²) in [7, 11) is 0. The Morgan fingerprint density at radius 1 is 1.75 bits per heavy atom. The van der Waals surface area contributed by atoms with Crippen molar-refractivity contribution in [2.45, 2.75) is 19.0 Å². The van der Waals surface area contributed by atoms with Crippen molar-refractivity contribution in [2.75, 3.05) is 6.54 Å². The van der Waals surface area contributed by atoms with Crippen molar-refractivity contribution in [3.63, 3.8) is 0 Å². The monoisotopic (exact) mass is 241 g/mol. The second-order valence-electron chi connectivity index (χ2n) is 3.58. The van der Waals surface area contributed by atoms with Crippen LogP contribution in [0.3, 0.4) is 0 Å². The Labute approximate surface area is 95.3 Å². The van der Waals surface area contributed by atoms with E-state index in [2.05, 4.69) is 10.2 Å². The summed E-state index contributed by atoms with van der Waals surface area (Å²) < 4.78 is 25.4. The molecule has 2 heterocycles. The van der Waals surface area contributed by atoms with Crippen LogP contribution in [0.25, 0.3) is 0 Å². The summed E-state index contributed by atoms with van der Waals surface area (Å²) in [5.41, 5.74) is 0.829. The van der Waals surface area contributed by atoms with Crippen LogP contribution in [0.4, 0.5) is 4.79 Å². The Morgan fingerprint density at radius 2 is 2.44 bits per heavy atom. The van der Waals surface area contributed by atoms with E-state index in [1.54, 1.807) is 13.0 Å². The second kappa shape index (κ2) is 3.90. The summed E-state index contributed by atoms with van der Waals surface area (Å²) in [5, 5.41) is 0.840. The molecule has 2 bridgehead atoms. The molecule has 16 heavy (non-hydrogen) atoms. The molecule has 6 nitrogen and oxygen atoms in total. The van der Waals surface area contributed by atoms with Gasteiger partial charge in [0.1, 0.15) is 23.4 Å². The van der Waals surface area contributed by atoms with Gasteiger partial charge < -0.3 is 9.45 Å². The lowest BCUT2D eigenvalue weighted by Gasteiger charge is -2.24. The van der Waals surface area contributed by atoms with Gasteiger partial charge in [-0.25, -0.2) is 9.00 Å². The van der Waals surface area contributed by atoms with E-state index in [0.29, 0.717) is 6.54 Å². The minimum absolute atomic E-state index is 0.354. The predicted octanol–water partition coefficient (Wildman–Crippen LogP) is -0.220. The molecule has 0 aliphatic carbocycles. The maximum Gasteiger partial charge on any atom is 0.346 e. The van der Waals surface area contributed by atoms with Crippen LogP contribution >= 0.6 is 0 Å². The minimum Gasteiger partial charge on any atom is -0.748 e. The van der Waals surface area contributed by atoms with E-state index in [0.717, 1.165) is 10.6 Å². The van der Waals surface area contributed by atoms with E-state index in [4.69, 9.17) is 6.42 Å². The number of carbonyl (C=O) groups is 1. The average molecular weight is 241 g/mol. The fraction of sp³-hybridized carbons (Fsp3) is 0.444. The molecule has 7 heteroatoms. The molecule has 1 fully saturated rings. The zero-order valence-corrected chi connectivity index (χ0v) is 9.27. The maximum absolute atomic E-state index is 11.8. The van der Waals surface area contributed by atoms with Crippen molar-refractivity contribution in [3.8, 4) is 12.3 Å². The first-order valence-corrected chi connectivity index (χ1v) is 5.56. The van der Waals surface area contributed by atoms with Crippen molar-refractivity contribution in [2.24, 2.45) is 0 Å². The van der Waals surface area contributed by atoms with E-state index in [1.165, 1.54) is 4.90 Å². The van der Waals surface area contributed by atoms with Crippen molar-refractivity contribution in [1.82, 2.24) is 9.96 Å². The third-order valence-corrected chi connectivity index (χ3v) is 2.96. The first kappa shape index (κ1) is 11.1. The second-order valence-corrected chi connectivity index (χ2v) is 4.13. The number of urea groups is 1. The molecule has 0 N–H and O–H groups in total. The van der Waals surface area contributed by atoms with Crippen LogP contribution in [0.5, 0.6) is 0 Å². The van der Waals surface area contributed by atoms with Gasteiger partial charge in [-0.05, 0) is 18.6 Å². The maximum atomic E-state index is 11.8. The highest BCUT2D eigenvalue weighted by molar-refractivity contribution is 7.74. The van der Waals surface area contributed by atoms with Gasteiger partial charge in [0, 0.05) is 0 Å². The number of fused-ring (bicyclic) bond motifs is 2. The molecule has 0 aromatic heterocycles. The van der Waals surface area contributed by atoms with Crippen LogP contribution in [0.15, 0.2) is 11.6 Å². The number of carbonyl (C=O) groups excluding carboxylic acids is 1. The molecule has 3 atom stereocenters. The quantitative estimate of drug-likeness (QED) is 0.380. The van der Waals surface area contributed by atoms with E-state index in [-0.39, 0.29) is 6.04 Å². The zero-order chi connectivity index (χ0) is 11.9. The van der Waals surface area contributed by atoms with Crippen LogP contribution in [0.1, 0.15) is 6.92 Å². The summed E-state index contributed by atoms with van der Waals surface area (Å²) in [6, 6.07) is -1.34. The van der Waals surface area contributed by atoms with Gasteiger partial charge in [0.2, 0.25) is 0 Å². The van der Waals surface area contributed by atoms with Gasteiger partial charge in [-0.3, -0.25) is 0 Å². The van der Waals surface area contributed by atoms with Gasteiger partial charge in [0.15, 0.2) is 0 Å². The van der Waals surface area contributed by atoms with Gasteiger partial charge in [-0.2, -0.15) is 9.35 Å². The van der Waals surface area contributed by atoms with Gasteiger partial charge in [0.05, 0.1) is 6.54 Å². The number of amides is 2. The highest BCUT2D eigenvalue weighted by Gasteiger charge is 2.45. The lowest BCUT2D eigenvalue weighted by molar-refractivity contribution is -0.0129. The Morgan fingerprint density at radius 3 is 3.00 bits per heavy atom. The molecule has 0 radical (unpaired) electrons. The SMILES string of the molecule is C#CC1C=C(C)C2CN1C(=O)N2OS(=O)[O-]. The van der Waals surface area contributed by atoms with Gasteiger partial charge in [0.25, 0.3) is 0 Å². The summed E-state index contributed by atoms with van der Waals surface area (Å²) in [4.78, 5) is 13.2. The summed E-state index contributed by atoms with van der Waals surface area (Å²) in [6.07, 6.45) is 7.04. The van der Waals surface area contributed by atoms with Crippen LogP contribution in [-0.2, 0) is 15.6 Å². The summed E-state index contributed by atoms with van der Waals surface area (Å²) in [6.45, 7) is 2.14. The largest absolute Gasteiger partial charge is 0.748 e. The molecule has 0 aromatic carbocycles. The predicted molar refractivity (Wildman–Crippen MR) is 54.1 cm³/mol. The number of hydrogen-bond donors (Lipinski definition) is 0. The van der Waals surface area contributed by atoms with E-state index >= 15 is 0 Å². The molecule has 0 aromatic rings. The third kappa shape index (κ3) is 1.61. The van der Waals surface area contributed by atoms with E-state index in [1.807, 2.05) is 0 Å². The lowest BCUT2D eigenvalue weighted by atomic mass is 10.0. The fourth-order valence-corrected chi connectivity index (χ4v) is 2.20. The van der Waals surface area contributed by atoms with Gasteiger partial charge in [-0.15, -0.1) is 6.42 Å². The molecule has 86 valence electrons. The van der Waals surface area contributed by atoms with Gasteiger partial charge in [-0.1, -0.05) is 5.92 Å². The Kier molecular flexibility index (Phi) is 2.71. The van der Waals surface area contributed by atoms with Crippen molar-refractivity contribution in [1.29, 1.82) is 0 Å². The molecule has 2 amide bonds. The standard InChI is InChI=1S/C9H10N2O4S/c1-3-7-4-6(2)8-5-10(7)9(12)11(8)15-16(13)14/h1,4,7-8H,5H2,2H3,(H,13,14)/p-1. The normalized spacial score (nSPS) is 30.1. The van der Waals surface area contributed by atoms with E-state index < -0.39 is 23.4 Å². The van der Waals surface area contributed by atoms with Crippen molar-refractivity contribution >= 4 is 17.4 Å². The minimum atomic E-state index is -2.76. The van der Waals surface area contributed by atoms with Gasteiger partial charge >= 0.3 is 6.03 Å². The topological polar surface area (TPSA) is 72.9 Å². The molecule has 0 saturated carbocycles. The Bertz CT molecular complexity index is 428. The fourth-order valence-electron chi connectivity index (χ4n) is 1.90. The lowest BCUT2D eigenvalue weighted by Crippen LogP contribution is -2.37. The highest BCUT2D eigenvalue weighted by Crippen LogP contribution is 2.29. The average Bonchev–Trinajstić information content (AvgIpc) is 2.49. The smallest absolute Gasteiger partial charge is 0.346 e. The molecule has 0 spiro atoms.